The Morgan fingerprint density at radius 2 is 1.92 bits per heavy atom. The summed E-state index contributed by atoms with van der Waals surface area (Å²) >= 11 is 6.04. The fraction of sp³-hybridized carbons (Fsp3) is 0.200. The zero-order valence-electron chi connectivity index (χ0n) is 21.0. The van der Waals surface area contributed by atoms with Crippen molar-refractivity contribution in [1.82, 2.24) is 19.8 Å². The second-order valence-corrected chi connectivity index (χ2v) is 10.8. The number of ether oxygens (including phenoxy) is 1. The third-order valence-corrected chi connectivity index (χ3v) is 7.31. The predicted molar refractivity (Wildman–Crippen MR) is 142 cm³/mol. The van der Waals surface area contributed by atoms with Crippen molar-refractivity contribution in [3.8, 4) is 17.3 Å². The second-order valence-electron chi connectivity index (χ2n) is 8.70. The van der Waals surface area contributed by atoms with Gasteiger partial charge in [-0.25, -0.2) is 13.1 Å². The molecule has 0 saturated carbocycles. The van der Waals surface area contributed by atoms with Crippen LogP contribution in [-0.2, 0) is 16.6 Å². The number of carbonyl (C=O) groups is 1. The van der Waals surface area contributed by atoms with Crippen molar-refractivity contribution in [1.29, 1.82) is 0 Å². The molecule has 0 aliphatic rings. The van der Waals surface area contributed by atoms with Gasteiger partial charge in [-0.15, -0.1) is 0 Å². The van der Waals surface area contributed by atoms with E-state index >= 15 is 0 Å². The zero-order valence-corrected chi connectivity index (χ0v) is 22.6. The number of furan rings is 1. The lowest BCUT2D eigenvalue weighted by Crippen LogP contribution is -2.30. The quantitative estimate of drug-likeness (QED) is 0.203. The Hall–Kier alpha value is -4.20. The molecular weight excluding hydrogens is 550 g/mol. The number of halogens is 1. The minimum absolute atomic E-state index is 0.0122. The summed E-state index contributed by atoms with van der Waals surface area (Å²) in [6.45, 7) is 4.93. The van der Waals surface area contributed by atoms with Crippen LogP contribution >= 0.6 is 11.6 Å². The van der Waals surface area contributed by atoms with E-state index in [1.54, 1.807) is 57.2 Å². The van der Waals surface area contributed by atoms with Crippen LogP contribution in [0.15, 0.2) is 70.2 Å². The van der Waals surface area contributed by atoms with Gasteiger partial charge in [-0.2, -0.15) is 9.78 Å². The number of hydrogen-bond donors (Lipinski definition) is 2. The van der Waals surface area contributed by atoms with E-state index in [1.165, 1.54) is 17.0 Å². The van der Waals surface area contributed by atoms with Crippen LogP contribution in [0.2, 0.25) is 5.02 Å². The van der Waals surface area contributed by atoms with Crippen LogP contribution in [0.1, 0.15) is 35.7 Å². The molecular formula is C25H24ClN5O7S. The molecule has 0 aliphatic heterocycles. The molecule has 4 rings (SSSR count). The molecule has 14 heteroatoms. The molecule has 39 heavy (non-hydrogen) atoms. The number of nitro groups is 1. The number of amides is 1. The summed E-state index contributed by atoms with van der Waals surface area (Å²) in [4.78, 5) is 23.3. The van der Waals surface area contributed by atoms with E-state index < -0.39 is 37.5 Å². The molecule has 0 saturated heterocycles. The van der Waals surface area contributed by atoms with Gasteiger partial charge < -0.3 is 14.5 Å². The van der Waals surface area contributed by atoms with Gasteiger partial charge in [0.05, 0.1) is 23.4 Å². The highest BCUT2D eigenvalue weighted by atomic mass is 35.5. The average molecular weight is 574 g/mol. The minimum atomic E-state index is -4.22. The van der Waals surface area contributed by atoms with E-state index in [1.807, 2.05) is 0 Å². The first-order valence-corrected chi connectivity index (χ1v) is 13.5. The molecule has 0 fully saturated rings. The normalized spacial score (nSPS) is 11.5. The van der Waals surface area contributed by atoms with Gasteiger partial charge >= 0.3 is 0 Å². The van der Waals surface area contributed by atoms with Gasteiger partial charge in [0, 0.05) is 28.8 Å². The van der Waals surface area contributed by atoms with Gasteiger partial charge in [0.2, 0.25) is 15.9 Å². The van der Waals surface area contributed by atoms with Gasteiger partial charge in [0.25, 0.3) is 11.6 Å². The summed E-state index contributed by atoms with van der Waals surface area (Å²) in [6.07, 6.45) is 1.48. The molecule has 204 valence electrons. The Morgan fingerprint density at radius 3 is 2.54 bits per heavy atom. The Bertz CT molecular complexity index is 1620. The molecule has 0 bridgehead atoms. The Labute approximate surface area is 228 Å². The van der Waals surface area contributed by atoms with Crippen LogP contribution in [0.4, 0.5) is 5.69 Å². The Morgan fingerprint density at radius 1 is 1.21 bits per heavy atom. The van der Waals surface area contributed by atoms with Gasteiger partial charge in [-0.05, 0) is 63.2 Å². The van der Waals surface area contributed by atoms with Gasteiger partial charge in [0.1, 0.15) is 16.4 Å². The molecule has 0 radical (unpaired) electrons. The SMILES string of the molecule is Cc1c(C(=O)NCc2ccco2)nn(-c2ccc(Cl)cc2)c1Oc1ccc([N+](=O)[O-])cc1S(=O)(=O)NC(C)C. The number of sulfonamides is 1. The molecule has 1 amide bonds. The maximum absolute atomic E-state index is 13.1. The van der Waals surface area contributed by atoms with Crippen molar-refractivity contribution in [3.63, 3.8) is 0 Å². The first kappa shape index (κ1) is 27.8. The molecule has 2 heterocycles. The maximum atomic E-state index is 13.1. The molecule has 2 N–H and O–H groups in total. The molecule has 0 aliphatic carbocycles. The second kappa shape index (κ2) is 11.3. The number of carbonyl (C=O) groups excluding carboxylic acids is 1. The number of rotatable bonds is 10. The number of nitrogens with zero attached hydrogens (tertiary/aromatic N) is 3. The van der Waals surface area contributed by atoms with Crippen molar-refractivity contribution in [2.45, 2.75) is 38.3 Å². The highest BCUT2D eigenvalue weighted by molar-refractivity contribution is 7.89. The largest absolute Gasteiger partial charge is 0.467 e. The highest BCUT2D eigenvalue weighted by Gasteiger charge is 2.28. The van der Waals surface area contributed by atoms with Crippen LogP contribution < -0.4 is 14.8 Å². The Kier molecular flexibility index (Phi) is 8.04. The van der Waals surface area contributed by atoms with Crippen molar-refractivity contribution in [2.24, 2.45) is 0 Å². The smallest absolute Gasteiger partial charge is 0.272 e. The lowest BCUT2D eigenvalue weighted by atomic mass is 10.2. The summed E-state index contributed by atoms with van der Waals surface area (Å²) in [7, 11) is -4.22. The van der Waals surface area contributed by atoms with E-state index in [4.69, 9.17) is 20.8 Å². The molecule has 2 aromatic heterocycles. The summed E-state index contributed by atoms with van der Waals surface area (Å²) in [5.74, 6) is -0.169. The van der Waals surface area contributed by atoms with Gasteiger partial charge in [-0.1, -0.05) is 11.6 Å². The maximum Gasteiger partial charge on any atom is 0.272 e. The van der Waals surface area contributed by atoms with E-state index in [-0.39, 0.29) is 23.9 Å². The molecule has 0 spiro atoms. The monoisotopic (exact) mass is 573 g/mol. The summed E-state index contributed by atoms with van der Waals surface area (Å²) in [5, 5.41) is 19.0. The number of benzene rings is 2. The third kappa shape index (κ3) is 6.28. The van der Waals surface area contributed by atoms with E-state index in [9.17, 15) is 23.3 Å². The standard InChI is InChI=1S/C25H24ClN5O7S/c1-15(2)29-39(35,36)22-13-19(31(33)34)10-11-21(22)38-25-16(3)23(24(32)27-14-20-5-4-12-37-20)28-30(25)18-8-6-17(26)7-9-18/h4-13,15,29H,14H2,1-3H3,(H,27,32). The topological polar surface area (TPSA) is 159 Å². The van der Waals surface area contributed by atoms with E-state index in [0.717, 1.165) is 12.1 Å². The Balaban J connectivity index is 1.81. The summed E-state index contributed by atoms with van der Waals surface area (Å²) in [5.41, 5.74) is 0.333. The number of nitrogens with one attached hydrogen (secondary N) is 2. The lowest BCUT2D eigenvalue weighted by Gasteiger charge is -2.15. The van der Waals surface area contributed by atoms with Crippen molar-refractivity contribution in [3.05, 3.63) is 93.0 Å². The van der Waals surface area contributed by atoms with Crippen LogP contribution in [0.5, 0.6) is 11.6 Å². The predicted octanol–water partition coefficient (Wildman–Crippen LogP) is 4.74. The molecule has 0 atom stereocenters. The van der Waals surface area contributed by atoms with Crippen molar-refractivity contribution in [2.75, 3.05) is 0 Å². The van der Waals surface area contributed by atoms with Gasteiger partial charge in [-0.3, -0.25) is 14.9 Å². The van der Waals surface area contributed by atoms with Crippen LogP contribution in [0.3, 0.4) is 0 Å². The first-order chi connectivity index (χ1) is 18.5. The van der Waals surface area contributed by atoms with Crippen molar-refractivity contribution < 1.29 is 27.3 Å². The number of aromatic nitrogens is 2. The van der Waals surface area contributed by atoms with E-state index in [2.05, 4.69) is 15.1 Å². The minimum Gasteiger partial charge on any atom is -0.467 e. The van der Waals surface area contributed by atoms with Crippen LogP contribution in [-0.4, -0.2) is 35.1 Å². The number of hydrogen-bond acceptors (Lipinski definition) is 8. The number of nitro benzene ring substituents is 1. The highest BCUT2D eigenvalue weighted by Crippen LogP contribution is 2.36. The third-order valence-electron chi connectivity index (χ3n) is 5.38. The van der Waals surface area contributed by atoms with E-state index in [0.29, 0.717) is 22.0 Å². The average Bonchev–Trinajstić information content (AvgIpc) is 3.51. The zero-order chi connectivity index (χ0) is 28.3. The summed E-state index contributed by atoms with van der Waals surface area (Å²) in [6, 6.07) is 12.6. The molecule has 2 aromatic carbocycles. The fourth-order valence-electron chi connectivity index (χ4n) is 3.62. The molecule has 4 aromatic rings. The van der Waals surface area contributed by atoms with Crippen LogP contribution in [0, 0.1) is 17.0 Å². The number of non-ortho nitro benzene ring substituents is 1. The van der Waals surface area contributed by atoms with Crippen molar-refractivity contribution >= 4 is 33.2 Å². The van der Waals surface area contributed by atoms with Crippen LogP contribution in [0.25, 0.3) is 5.69 Å². The lowest BCUT2D eigenvalue weighted by molar-refractivity contribution is -0.385. The summed E-state index contributed by atoms with van der Waals surface area (Å²) < 4.78 is 41.2. The molecule has 12 nitrogen and oxygen atoms in total. The molecule has 0 unspecified atom stereocenters. The fourth-order valence-corrected chi connectivity index (χ4v) is 5.14. The van der Waals surface area contributed by atoms with Gasteiger partial charge in [0.15, 0.2) is 5.69 Å². The first-order valence-electron chi connectivity index (χ1n) is 11.6.